The highest BCUT2D eigenvalue weighted by Gasteiger charge is 2.15. The van der Waals surface area contributed by atoms with E-state index in [9.17, 15) is 0 Å². The van der Waals surface area contributed by atoms with Gasteiger partial charge in [0.05, 0.1) is 6.54 Å². The van der Waals surface area contributed by atoms with Gasteiger partial charge < -0.3 is 10.2 Å². The summed E-state index contributed by atoms with van der Waals surface area (Å²) in [5.74, 6) is 1.04. The zero-order chi connectivity index (χ0) is 32.7. The number of hydrogen-bond acceptors (Lipinski definition) is 2. The number of aliphatic imine (C=N–C) groups is 2. The molecule has 6 aromatic carbocycles. The summed E-state index contributed by atoms with van der Waals surface area (Å²) in [4.78, 5) is 9.77. The van der Waals surface area contributed by atoms with Gasteiger partial charge in [0.25, 0.3) is 0 Å². The third-order valence-electron chi connectivity index (χ3n) is 8.49. The van der Waals surface area contributed by atoms with Gasteiger partial charge in [0.2, 0.25) is 0 Å². The Balaban J connectivity index is 1.20. The van der Waals surface area contributed by atoms with E-state index >= 15 is 0 Å². The molecule has 1 aromatic heterocycles. The van der Waals surface area contributed by atoms with Gasteiger partial charge in [0.15, 0.2) is 5.84 Å². The summed E-state index contributed by atoms with van der Waals surface area (Å²) in [6, 6.07) is 49.9. The Labute approximate surface area is 281 Å². The molecule has 0 bridgehead atoms. The fourth-order valence-corrected chi connectivity index (χ4v) is 5.94. The van der Waals surface area contributed by atoms with Gasteiger partial charge in [-0.25, -0.2) is 4.99 Å². The van der Waals surface area contributed by atoms with E-state index in [1.165, 1.54) is 0 Å². The third-order valence-corrected chi connectivity index (χ3v) is 8.49. The average Bonchev–Trinajstić information content (AvgIpc) is 3.53. The number of benzene rings is 6. The molecule has 4 heteroatoms. The minimum atomic E-state index is 0.437. The maximum Gasteiger partial charge on any atom is 0.157 e. The molecule has 0 aliphatic heterocycles. The second kappa shape index (κ2) is 14.2. The number of allylic oxidation sites excluding steroid dienone is 1. The van der Waals surface area contributed by atoms with Crippen molar-refractivity contribution in [1.29, 1.82) is 0 Å². The molecule has 7 aromatic rings. The molecule has 0 atom stereocenters. The zero-order valence-corrected chi connectivity index (χ0v) is 27.0. The Kier molecular flexibility index (Phi) is 9.06. The highest BCUT2D eigenvalue weighted by molar-refractivity contribution is 6.14. The number of rotatable bonds is 9. The first kappa shape index (κ1) is 30.6. The molecule has 0 unspecified atom stereocenters. The zero-order valence-electron chi connectivity index (χ0n) is 27.0. The van der Waals surface area contributed by atoms with Crippen LogP contribution in [0.1, 0.15) is 42.0 Å². The van der Waals surface area contributed by atoms with Gasteiger partial charge in [-0.05, 0) is 58.0 Å². The lowest BCUT2D eigenvalue weighted by molar-refractivity contribution is 0.669. The van der Waals surface area contributed by atoms with E-state index in [2.05, 4.69) is 104 Å². The Hall–Kier alpha value is -6.00. The SMILES string of the molecule is CCC/C=C\c1ccc(C(N)=NC(=NCc2ccc(-c3cc(-c4ccccc4)cc4oc5ccccc5c34)cc2)c2ccccc2)cc1. The van der Waals surface area contributed by atoms with Crippen LogP contribution >= 0.6 is 0 Å². The molecule has 0 aliphatic rings. The standard InChI is InChI=1S/C44H37N3O/c1-2-3-6-13-31-20-26-35(27-21-31)43(45)47-44(36-16-9-5-10-17-36)46-30-32-22-24-34(25-23-32)39-28-37(33-14-7-4-8-15-33)29-41-42(39)38-18-11-12-19-40(38)48-41/h4-29H,2-3,30H2,1H3,(H2,45,46,47)/b13-6-. The predicted molar refractivity (Wildman–Crippen MR) is 202 cm³/mol. The van der Waals surface area contributed by atoms with Crippen LogP contribution in [0.2, 0.25) is 0 Å². The molecule has 0 spiro atoms. The van der Waals surface area contributed by atoms with Gasteiger partial charge in [0, 0.05) is 21.9 Å². The predicted octanol–water partition coefficient (Wildman–Crippen LogP) is 11.1. The summed E-state index contributed by atoms with van der Waals surface area (Å²) in [6.07, 6.45) is 6.54. The molecule has 1 heterocycles. The summed E-state index contributed by atoms with van der Waals surface area (Å²) in [6.45, 7) is 2.65. The van der Waals surface area contributed by atoms with Gasteiger partial charge in [-0.3, -0.25) is 4.99 Å². The summed E-state index contributed by atoms with van der Waals surface area (Å²) in [5.41, 5.74) is 16.8. The maximum atomic E-state index is 6.53. The molecule has 48 heavy (non-hydrogen) atoms. The van der Waals surface area contributed by atoms with Crippen LogP contribution in [-0.4, -0.2) is 11.7 Å². The largest absolute Gasteiger partial charge is 0.456 e. The first-order chi connectivity index (χ1) is 23.7. The van der Waals surface area contributed by atoms with E-state index in [1.807, 2.05) is 60.7 Å². The molecule has 0 saturated carbocycles. The van der Waals surface area contributed by atoms with Crippen LogP contribution in [0.25, 0.3) is 50.3 Å². The molecule has 7 rings (SSSR count). The molecule has 2 N–H and O–H groups in total. The molecule has 4 nitrogen and oxygen atoms in total. The minimum Gasteiger partial charge on any atom is -0.456 e. The lowest BCUT2D eigenvalue weighted by atomic mass is 9.94. The Morgan fingerprint density at radius 2 is 1.38 bits per heavy atom. The summed E-state index contributed by atoms with van der Waals surface area (Å²) in [5, 5.41) is 2.23. The van der Waals surface area contributed by atoms with E-state index in [1.54, 1.807) is 0 Å². The van der Waals surface area contributed by atoms with Crippen molar-refractivity contribution in [2.45, 2.75) is 26.3 Å². The lowest BCUT2D eigenvalue weighted by Crippen LogP contribution is -2.16. The number of fused-ring (bicyclic) bond motifs is 3. The van der Waals surface area contributed by atoms with Crippen molar-refractivity contribution in [2.75, 3.05) is 0 Å². The molecule has 0 fully saturated rings. The van der Waals surface area contributed by atoms with Crippen LogP contribution < -0.4 is 5.73 Å². The molecule has 234 valence electrons. The Bertz CT molecular complexity index is 2240. The molecule has 0 amide bonds. The number of amidine groups is 2. The van der Waals surface area contributed by atoms with Crippen molar-refractivity contribution < 1.29 is 4.42 Å². The Morgan fingerprint density at radius 3 is 2.12 bits per heavy atom. The van der Waals surface area contributed by atoms with E-state index in [4.69, 9.17) is 20.1 Å². The average molecular weight is 624 g/mol. The van der Waals surface area contributed by atoms with Crippen molar-refractivity contribution in [3.8, 4) is 22.3 Å². The lowest BCUT2D eigenvalue weighted by Gasteiger charge is -2.10. The smallest absolute Gasteiger partial charge is 0.157 e. The number of nitrogens with two attached hydrogens (primary N) is 1. The van der Waals surface area contributed by atoms with Crippen LogP contribution in [0.5, 0.6) is 0 Å². The Morgan fingerprint density at radius 1 is 0.667 bits per heavy atom. The molecule has 0 aliphatic carbocycles. The van der Waals surface area contributed by atoms with Crippen molar-refractivity contribution >= 4 is 39.7 Å². The fraction of sp³-hybridized carbons (Fsp3) is 0.0909. The number of furan rings is 1. The summed E-state index contributed by atoms with van der Waals surface area (Å²) >= 11 is 0. The van der Waals surface area contributed by atoms with Gasteiger partial charge in [-0.15, -0.1) is 0 Å². The second-order valence-corrected chi connectivity index (χ2v) is 11.9. The number of nitrogens with zero attached hydrogens (tertiary/aromatic N) is 2. The van der Waals surface area contributed by atoms with Gasteiger partial charge in [0.1, 0.15) is 17.0 Å². The first-order valence-corrected chi connectivity index (χ1v) is 16.5. The highest BCUT2D eigenvalue weighted by atomic mass is 16.3. The topological polar surface area (TPSA) is 63.9 Å². The van der Waals surface area contributed by atoms with Gasteiger partial charge in [-0.2, -0.15) is 0 Å². The minimum absolute atomic E-state index is 0.437. The molecule has 0 radical (unpaired) electrons. The monoisotopic (exact) mass is 623 g/mol. The first-order valence-electron chi connectivity index (χ1n) is 16.5. The van der Waals surface area contributed by atoms with Crippen LogP contribution in [0, 0.1) is 0 Å². The van der Waals surface area contributed by atoms with Crippen LogP contribution in [0.3, 0.4) is 0 Å². The van der Waals surface area contributed by atoms with Gasteiger partial charge in [-0.1, -0.05) is 153 Å². The molecule has 0 saturated heterocycles. The van der Waals surface area contributed by atoms with Crippen LogP contribution in [0.15, 0.2) is 166 Å². The van der Waals surface area contributed by atoms with Crippen LogP contribution in [-0.2, 0) is 6.54 Å². The molecular weight excluding hydrogens is 587 g/mol. The highest BCUT2D eigenvalue weighted by Crippen LogP contribution is 2.40. The van der Waals surface area contributed by atoms with Crippen molar-refractivity contribution in [1.82, 2.24) is 0 Å². The van der Waals surface area contributed by atoms with E-state index in [0.717, 1.165) is 79.3 Å². The number of unbranched alkanes of at least 4 members (excludes halogenated alkanes) is 1. The maximum absolute atomic E-state index is 6.53. The van der Waals surface area contributed by atoms with Crippen LogP contribution in [0.4, 0.5) is 0 Å². The normalized spacial score (nSPS) is 12.4. The fourth-order valence-electron chi connectivity index (χ4n) is 5.94. The summed E-state index contributed by atoms with van der Waals surface area (Å²) in [7, 11) is 0. The quantitative estimate of drug-likeness (QED) is 0.128. The number of hydrogen-bond donors (Lipinski definition) is 1. The second-order valence-electron chi connectivity index (χ2n) is 11.9. The van der Waals surface area contributed by atoms with E-state index in [0.29, 0.717) is 18.2 Å². The third kappa shape index (κ3) is 6.74. The van der Waals surface area contributed by atoms with E-state index < -0.39 is 0 Å². The number of para-hydroxylation sites is 1. The van der Waals surface area contributed by atoms with Crippen molar-refractivity contribution in [3.63, 3.8) is 0 Å². The molecular formula is C44H37N3O. The summed E-state index contributed by atoms with van der Waals surface area (Å²) < 4.78 is 6.35. The van der Waals surface area contributed by atoms with Gasteiger partial charge >= 0.3 is 0 Å². The van der Waals surface area contributed by atoms with E-state index in [-0.39, 0.29) is 0 Å². The van der Waals surface area contributed by atoms with Crippen molar-refractivity contribution in [3.05, 3.63) is 174 Å². The van der Waals surface area contributed by atoms with Crippen molar-refractivity contribution in [2.24, 2.45) is 15.7 Å².